The van der Waals surface area contributed by atoms with E-state index in [-0.39, 0.29) is 30.8 Å². The fourth-order valence-electron chi connectivity index (χ4n) is 2.44. The van der Waals surface area contributed by atoms with Gasteiger partial charge in [0.25, 0.3) is 0 Å². The molecule has 0 aliphatic carbocycles. The number of aliphatic hydroxyl groups excluding tert-OH is 1. The van der Waals surface area contributed by atoms with Crippen LogP contribution in [0.5, 0.6) is 5.75 Å². The molecule has 1 fully saturated rings. The molecule has 4 nitrogen and oxygen atoms in total. The zero-order valence-electron chi connectivity index (χ0n) is 10.7. The summed E-state index contributed by atoms with van der Waals surface area (Å²) in [7, 11) is 0. The van der Waals surface area contributed by atoms with Gasteiger partial charge in [0.2, 0.25) is 0 Å². The number of phenolic OH excluding ortho intramolecular Hbond substituents is 1. The van der Waals surface area contributed by atoms with Crippen LogP contribution in [-0.2, 0) is 0 Å². The fraction of sp³-hybridized carbons (Fsp3) is 0.538. The van der Waals surface area contributed by atoms with E-state index in [1.165, 1.54) is 0 Å². The molecule has 1 aromatic carbocycles. The standard InChI is InChI=1S/C13H19BrN2O2.ClH/c14-12-2-1-10(18)9-11(12)13(3-8-17)16-6-4-15-5-7-16;/h1-2,9,13,15,17-18H,3-8H2;1H/t13-;/m0./s1. The van der Waals surface area contributed by atoms with Crippen molar-refractivity contribution in [1.29, 1.82) is 0 Å². The minimum absolute atomic E-state index is 0. The molecule has 0 amide bonds. The van der Waals surface area contributed by atoms with Gasteiger partial charge in [-0.2, -0.15) is 0 Å². The molecule has 1 atom stereocenters. The van der Waals surface area contributed by atoms with Crippen LogP contribution in [0.15, 0.2) is 22.7 Å². The van der Waals surface area contributed by atoms with Crippen LogP contribution in [0, 0.1) is 0 Å². The van der Waals surface area contributed by atoms with Gasteiger partial charge in [-0.05, 0) is 30.2 Å². The fourth-order valence-corrected chi connectivity index (χ4v) is 2.95. The van der Waals surface area contributed by atoms with Gasteiger partial charge in [0.05, 0.1) is 0 Å². The molecule has 0 saturated carbocycles. The third kappa shape index (κ3) is 4.33. The number of hydrogen-bond acceptors (Lipinski definition) is 4. The molecule has 19 heavy (non-hydrogen) atoms. The van der Waals surface area contributed by atoms with E-state index in [9.17, 15) is 10.2 Å². The Morgan fingerprint density at radius 2 is 2.00 bits per heavy atom. The largest absolute Gasteiger partial charge is 0.508 e. The normalized spacial score (nSPS) is 17.8. The quantitative estimate of drug-likeness (QED) is 0.775. The predicted molar refractivity (Wildman–Crippen MR) is 81.9 cm³/mol. The van der Waals surface area contributed by atoms with Crippen LogP contribution >= 0.6 is 28.3 Å². The number of hydrogen-bond donors (Lipinski definition) is 3. The molecular weight excluding hydrogens is 332 g/mol. The monoisotopic (exact) mass is 350 g/mol. The Morgan fingerprint density at radius 1 is 1.32 bits per heavy atom. The number of piperazine rings is 1. The van der Waals surface area contributed by atoms with Gasteiger partial charge in [0.1, 0.15) is 5.75 Å². The summed E-state index contributed by atoms with van der Waals surface area (Å²) in [4.78, 5) is 2.35. The number of phenols is 1. The summed E-state index contributed by atoms with van der Waals surface area (Å²) < 4.78 is 0.984. The van der Waals surface area contributed by atoms with Gasteiger partial charge < -0.3 is 15.5 Å². The number of nitrogens with one attached hydrogen (secondary N) is 1. The molecule has 0 unspecified atom stereocenters. The van der Waals surface area contributed by atoms with Crippen molar-refractivity contribution in [3.8, 4) is 5.75 Å². The number of nitrogens with zero attached hydrogens (tertiary/aromatic N) is 1. The summed E-state index contributed by atoms with van der Waals surface area (Å²) in [5.74, 6) is 0.270. The van der Waals surface area contributed by atoms with E-state index in [1.54, 1.807) is 12.1 Å². The molecule has 108 valence electrons. The summed E-state index contributed by atoms with van der Waals surface area (Å²) in [6.45, 7) is 4.02. The van der Waals surface area contributed by atoms with Gasteiger partial charge >= 0.3 is 0 Å². The van der Waals surface area contributed by atoms with Gasteiger partial charge in [-0.15, -0.1) is 12.4 Å². The Hall–Kier alpha value is -0.330. The SMILES string of the molecule is Cl.OCC[C@@H](c1cc(O)ccc1Br)N1CCNCC1. The highest BCUT2D eigenvalue weighted by Crippen LogP contribution is 2.33. The maximum Gasteiger partial charge on any atom is 0.115 e. The number of halogens is 2. The lowest BCUT2D eigenvalue weighted by molar-refractivity contribution is 0.140. The highest BCUT2D eigenvalue weighted by Gasteiger charge is 2.23. The van der Waals surface area contributed by atoms with E-state index in [1.807, 2.05) is 6.07 Å². The molecular formula is C13H20BrClN2O2. The lowest BCUT2D eigenvalue weighted by Gasteiger charge is -2.35. The molecule has 2 rings (SSSR count). The molecule has 0 bridgehead atoms. The van der Waals surface area contributed by atoms with Gasteiger partial charge in [0.15, 0.2) is 0 Å². The first kappa shape index (κ1) is 16.7. The summed E-state index contributed by atoms with van der Waals surface area (Å²) in [6, 6.07) is 5.46. The first-order valence-electron chi connectivity index (χ1n) is 6.26. The zero-order chi connectivity index (χ0) is 13.0. The van der Waals surface area contributed by atoms with Gasteiger partial charge in [-0.25, -0.2) is 0 Å². The summed E-state index contributed by atoms with van der Waals surface area (Å²) >= 11 is 3.53. The Labute approximate surface area is 128 Å². The molecule has 0 aromatic heterocycles. The van der Waals surface area contributed by atoms with E-state index in [0.29, 0.717) is 6.42 Å². The molecule has 0 spiro atoms. The lowest BCUT2D eigenvalue weighted by atomic mass is 10.0. The Morgan fingerprint density at radius 3 is 2.63 bits per heavy atom. The molecule has 3 N–H and O–H groups in total. The minimum atomic E-state index is 0. The van der Waals surface area contributed by atoms with Gasteiger partial charge in [-0.1, -0.05) is 15.9 Å². The second-order valence-corrected chi connectivity index (χ2v) is 5.37. The van der Waals surface area contributed by atoms with E-state index in [0.717, 1.165) is 36.2 Å². The Balaban J connectivity index is 0.00000180. The van der Waals surface area contributed by atoms with Crippen molar-refractivity contribution in [2.45, 2.75) is 12.5 Å². The summed E-state index contributed by atoms with van der Waals surface area (Å²) in [5.41, 5.74) is 1.05. The van der Waals surface area contributed by atoms with E-state index < -0.39 is 0 Å². The van der Waals surface area contributed by atoms with Gasteiger partial charge in [0, 0.05) is 43.3 Å². The average Bonchev–Trinajstić information content (AvgIpc) is 2.40. The van der Waals surface area contributed by atoms with Crippen LogP contribution in [-0.4, -0.2) is 47.9 Å². The molecule has 0 radical (unpaired) electrons. The molecule has 6 heteroatoms. The van der Waals surface area contributed by atoms with Crippen LogP contribution in [0.4, 0.5) is 0 Å². The number of benzene rings is 1. The summed E-state index contributed by atoms with van der Waals surface area (Å²) in [5, 5.41) is 22.2. The third-order valence-electron chi connectivity index (χ3n) is 3.33. The van der Waals surface area contributed by atoms with Crippen molar-refractivity contribution in [1.82, 2.24) is 10.2 Å². The second kappa shape index (κ2) is 8.07. The smallest absolute Gasteiger partial charge is 0.115 e. The van der Waals surface area contributed by atoms with Crippen LogP contribution in [0.1, 0.15) is 18.0 Å². The number of aromatic hydroxyl groups is 1. The highest BCUT2D eigenvalue weighted by atomic mass is 79.9. The van der Waals surface area contributed by atoms with Crippen LogP contribution in [0.2, 0.25) is 0 Å². The average molecular weight is 352 g/mol. The number of aliphatic hydroxyl groups is 1. The van der Waals surface area contributed by atoms with Crippen molar-refractivity contribution >= 4 is 28.3 Å². The first-order valence-corrected chi connectivity index (χ1v) is 7.05. The summed E-state index contributed by atoms with van der Waals surface area (Å²) in [6.07, 6.45) is 0.683. The predicted octanol–water partition coefficient (Wildman–Crippen LogP) is 1.91. The van der Waals surface area contributed by atoms with Crippen molar-refractivity contribution in [2.75, 3.05) is 32.8 Å². The lowest BCUT2D eigenvalue weighted by Crippen LogP contribution is -2.45. The van der Waals surface area contributed by atoms with Gasteiger partial charge in [-0.3, -0.25) is 4.90 Å². The van der Waals surface area contributed by atoms with Crippen molar-refractivity contribution in [2.24, 2.45) is 0 Å². The van der Waals surface area contributed by atoms with E-state index >= 15 is 0 Å². The van der Waals surface area contributed by atoms with Crippen molar-refractivity contribution in [3.63, 3.8) is 0 Å². The molecule has 1 aromatic rings. The van der Waals surface area contributed by atoms with Crippen LogP contribution in [0.3, 0.4) is 0 Å². The van der Waals surface area contributed by atoms with Crippen molar-refractivity contribution in [3.05, 3.63) is 28.2 Å². The molecule has 1 aliphatic rings. The number of rotatable bonds is 4. The van der Waals surface area contributed by atoms with Crippen LogP contribution in [0.25, 0.3) is 0 Å². The molecule has 1 heterocycles. The minimum Gasteiger partial charge on any atom is -0.508 e. The zero-order valence-corrected chi connectivity index (χ0v) is 13.1. The van der Waals surface area contributed by atoms with E-state index in [4.69, 9.17) is 0 Å². The Kier molecular flexibility index (Phi) is 7.10. The van der Waals surface area contributed by atoms with Crippen LogP contribution < -0.4 is 5.32 Å². The Bertz CT molecular complexity index is 400. The molecule has 1 saturated heterocycles. The maximum absolute atomic E-state index is 9.64. The van der Waals surface area contributed by atoms with Crippen molar-refractivity contribution < 1.29 is 10.2 Å². The first-order chi connectivity index (χ1) is 8.72. The third-order valence-corrected chi connectivity index (χ3v) is 4.06. The second-order valence-electron chi connectivity index (χ2n) is 4.52. The maximum atomic E-state index is 9.64. The van der Waals surface area contributed by atoms with E-state index in [2.05, 4.69) is 26.1 Å². The highest BCUT2D eigenvalue weighted by molar-refractivity contribution is 9.10. The topological polar surface area (TPSA) is 55.7 Å². The molecule has 1 aliphatic heterocycles.